The van der Waals surface area contributed by atoms with E-state index in [1.54, 1.807) is 0 Å². The first-order valence-corrected chi connectivity index (χ1v) is 8.64. The van der Waals surface area contributed by atoms with Gasteiger partial charge in [0.25, 0.3) is 0 Å². The van der Waals surface area contributed by atoms with Crippen molar-refractivity contribution in [1.29, 1.82) is 0 Å². The maximum Gasteiger partial charge on any atom is 0.116 e. The molecular weight excluding hydrogens is 254 g/mol. The molecule has 108 valence electrons. The van der Waals surface area contributed by atoms with Crippen molar-refractivity contribution < 1.29 is 0 Å². The van der Waals surface area contributed by atoms with Crippen LogP contribution in [0.4, 0.5) is 0 Å². The summed E-state index contributed by atoms with van der Waals surface area (Å²) in [7, 11) is 0. The Morgan fingerprint density at radius 3 is 2.89 bits per heavy atom. The highest BCUT2D eigenvalue weighted by atomic mass is 32.2. The first-order chi connectivity index (χ1) is 9.24. The van der Waals surface area contributed by atoms with Gasteiger partial charge < -0.3 is 10.3 Å². The number of hydrogen-bond acceptors (Lipinski definition) is 3. The van der Waals surface area contributed by atoms with Gasteiger partial charge >= 0.3 is 0 Å². The summed E-state index contributed by atoms with van der Waals surface area (Å²) in [4.78, 5) is 7.91. The normalized spacial score (nSPS) is 17.2. The van der Waals surface area contributed by atoms with Crippen molar-refractivity contribution in [1.82, 2.24) is 15.3 Å². The first-order valence-electron chi connectivity index (χ1n) is 7.59. The highest BCUT2D eigenvalue weighted by Crippen LogP contribution is 2.29. The van der Waals surface area contributed by atoms with Gasteiger partial charge in [0.2, 0.25) is 0 Å². The molecule has 1 aliphatic rings. The molecule has 0 aromatic carbocycles. The number of hydrogen-bond donors (Lipinski definition) is 2. The second kappa shape index (κ2) is 7.95. The number of nitrogens with one attached hydrogen (secondary N) is 2. The first kappa shape index (κ1) is 14.9. The third kappa shape index (κ3) is 5.57. The summed E-state index contributed by atoms with van der Waals surface area (Å²) >= 11 is 2.08. The van der Waals surface area contributed by atoms with Crippen molar-refractivity contribution in [2.75, 3.05) is 6.54 Å². The molecule has 2 rings (SSSR count). The van der Waals surface area contributed by atoms with Crippen LogP contribution in [0.3, 0.4) is 0 Å². The third-order valence-electron chi connectivity index (χ3n) is 3.56. The number of aromatic amines is 1. The van der Waals surface area contributed by atoms with Gasteiger partial charge in [-0.3, -0.25) is 0 Å². The summed E-state index contributed by atoms with van der Waals surface area (Å²) in [5.41, 5.74) is 1.21. The van der Waals surface area contributed by atoms with Crippen molar-refractivity contribution in [2.24, 2.45) is 5.92 Å². The van der Waals surface area contributed by atoms with E-state index in [0.717, 1.165) is 29.9 Å². The fourth-order valence-corrected chi connectivity index (χ4v) is 3.70. The lowest BCUT2D eigenvalue weighted by molar-refractivity contribution is 0.516. The van der Waals surface area contributed by atoms with Crippen LogP contribution in [0.1, 0.15) is 57.5 Å². The molecule has 0 amide bonds. The molecule has 2 N–H and O–H groups in total. The van der Waals surface area contributed by atoms with E-state index in [1.807, 2.05) is 6.20 Å². The van der Waals surface area contributed by atoms with Gasteiger partial charge in [0.05, 0.1) is 5.75 Å². The molecule has 1 saturated carbocycles. The van der Waals surface area contributed by atoms with E-state index >= 15 is 0 Å². The van der Waals surface area contributed by atoms with Crippen LogP contribution in [0, 0.1) is 5.92 Å². The van der Waals surface area contributed by atoms with E-state index in [-0.39, 0.29) is 0 Å². The second-order valence-corrected chi connectivity index (χ2v) is 7.24. The van der Waals surface area contributed by atoms with Gasteiger partial charge in [-0.1, -0.05) is 33.1 Å². The molecule has 1 fully saturated rings. The topological polar surface area (TPSA) is 40.7 Å². The van der Waals surface area contributed by atoms with E-state index in [1.165, 1.54) is 37.8 Å². The number of imidazole rings is 1. The number of rotatable bonds is 7. The molecule has 1 aromatic heterocycles. The summed E-state index contributed by atoms with van der Waals surface area (Å²) in [5, 5.41) is 4.30. The van der Waals surface area contributed by atoms with Crippen molar-refractivity contribution in [2.45, 2.75) is 63.5 Å². The molecule has 0 saturated heterocycles. The van der Waals surface area contributed by atoms with Crippen LogP contribution in [0.2, 0.25) is 0 Å². The lowest BCUT2D eigenvalue weighted by Gasteiger charge is -2.20. The molecule has 4 heteroatoms. The van der Waals surface area contributed by atoms with Crippen molar-refractivity contribution in [3.8, 4) is 0 Å². The van der Waals surface area contributed by atoms with E-state index in [0.29, 0.717) is 5.92 Å². The Hall–Kier alpha value is -0.480. The molecule has 1 aliphatic carbocycles. The zero-order valence-corrected chi connectivity index (χ0v) is 13.1. The summed E-state index contributed by atoms with van der Waals surface area (Å²) < 4.78 is 0. The molecule has 0 bridgehead atoms. The fraction of sp³-hybridized carbons (Fsp3) is 0.800. The average molecular weight is 281 g/mol. The lowest BCUT2D eigenvalue weighted by Crippen LogP contribution is -2.19. The monoisotopic (exact) mass is 281 g/mol. The van der Waals surface area contributed by atoms with E-state index < -0.39 is 0 Å². The highest BCUT2D eigenvalue weighted by Gasteiger charge is 2.14. The van der Waals surface area contributed by atoms with Gasteiger partial charge in [-0.25, -0.2) is 4.98 Å². The summed E-state index contributed by atoms with van der Waals surface area (Å²) in [5.74, 6) is 2.87. The Bertz CT molecular complexity index is 356. The van der Waals surface area contributed by atoms with Crippen LogP contribution in [-0.2, 0) is 12.3 Å². The maximum absolute atomic E-state index is 4.48. The number of H-pyrrole nitrogens is 1. The van der Waals surface area contributed by atoms with Crippen LogP contribution in [0.5, 0.6) is 0 Å². The summed E-state index contributed by atoms with van der Waals surface area (Å²) in [6, 6.07) is 0. The van der Waals surface area contributed by atoms with Crippen LogP contribution in [0.15, 0.2) is 6.20 Å². The maximum atomic E-state index is 4.48. The Balaban J connectivity index is 1.68. The summed E-state index contributed by atoms with van der Waals surface area (Å²) in [6.07, 6.45) is 9.04. The average Bonchev–Trinajstić information content (AvgIpc) is 2.85. The Morgan fingerprint density at radius 1 is 1.37 bits per heavy atom. The minimum absolute atomic E-state index is 0.698. The van der Waals surface area contributed by atoms with E-state index in [2.05, 4.69) is 40.9 Å². The second-order valence-electron chi connectivity index (χ2n) is 5.95. The van der Waals surface area contributed by atoms with Gasteiger partial charge in [-0.2, -0.15) is 11.8 Å². The number of nitrogens with zero attached hydrogens (tertiary/aromatic N) is 1. The Morgan fingerprint density at radius 2 is 2.16 bits per heavy atom. The SMILES string of the molecule is CC(C)CNCc1cnc(CSC2CCCCC2)[nH]1. The van der Waals surface area contributed by atoms with Gasteiger partial charge in [0.1, 0.15) is 5.82 Å². The number of thioether (sulfide) groups is 1. The predicted molar refractivity (Wildman–Crippen MR) is 83.3 cm³/mol. The van der Waals surface area contributed by atoms with Crippen LogP contribution in [-0.4, -0.2) is 21.8 Å². The van der Waals surface area contributed by atoms with Gasteiger partial charge in [0.15, 0.2) is 0 Å². The Labute approximate surface area is 121 Å². The molecule has 0 spiro atoms. The van der Waals surface area contributed by atoms with Gasteiger partial charge in [-0.15, -0.1) is 0 Å². The van der Waals surface area contributed by atoms with Crippen molar-refractivity contribution in [3.63, 3.8) is 0 Å². The Kier molecular flexibility index (Phi) is 6.24. The van der Waals surface area contributed by atoms with Crippen LogP contribution < -0.4 is 5.32 Å². The molecule has 1 heterocycles. The molecule has 0 unspecified atom stereocenters. The quantitative estimate of drug-likeness (QED) is 0.800. The zero-order chi connectivity index (χ0) is 13.5. The molecule has 19 heavy (non-hydrogen) atoms. The fourth-order valence-electron chi connectivity index (χ4n) is 2.49. The molecule has 0 radical (unpaired) electrons. The predicted octanol–water partition coefficient (Wildman–Crippen LogP) is 3.72. The van der Waals surface area contributed by atoms with Crippen molar-refractivity contribution >= 4 is 11.8 Å². The molecule has 0 aliphatic heterocycles. The van der Waals surface area contributed by atoms with E-state index in [9.17, 15) is 0 Å². The highest BCUT2D eigenvalue weighted by molar-refractivity contribution is 7.99. The van der Waals surface area contributed by atoms with E-state index in [4.69, 9.17) is 0 Å². The van der Waals surface area contributed by atoms with Gasteiger partial charge in [-0.05, 0) is 25.3 Å². The number of aromatic nitrogens is 2. The van der Waals surface area contributed by atoms with Crippen molar-refractivity contribution in [3.05, 3.63) is 17.7 Å². The minimum atomic E-state index is 0.698. The third-order valence-corrected chi connectivity index (χ3v) is 4.94. The molecular formula is C15H27N3S. The summed E-state index contributed by atoms with van der Waals surface area (Å²) in [6.45, 7) is 6.42. The smallest absolute Gasteiger partial charge is 0.116 e. The molecule has 1 aromatic rings. The van der Waals surface area contributed by atoms with Crippen LogP contribution in [0.25, 0.3) is 0 Å². The standard InChI is InChI=1S/C15H27N3S/c1-12(2)8-16-9-13-10-17-15(18-13)11-19-14-6-4-3-5-7-14/h10,12,14,16H,3-9,11H2,1-2H3,(H,17,18). The zero-order valence-electron chi connectivity index (χ0n) is 12.2. The largest absolute Gasteiger partial charge is 0.344 e. The van der Waals surface area contributed by atoms with Crippen LogP contribution >= 0.6 is 11.8 Å². The molecule has 3 nitrogen and oxygen atoms in total. The molecule has 0 atom stereocenters. The van der Waals surface area contributed by atoms with Gasteiger partial charge in [0, 0.05) is 23.7 Å². The minimum Gasteiger partial charge on any atom is -0.344 e. The lowest BCUT2D eigenvalue weighted by atomic mass is 10.0.